The van der Waals surface area contributed by atoms with Gasteiger partial charge in [0.05, 0.1) is 11.9 Å². The summed E-state index contributed by atoms with van der Waals surface area (Å²) in [6.07, 6.45) is 1.57. The molecule has 1 aromatic carbocycles. The number of pyridine rings is 1. The van der Waals surface area contributed by atoms with Crippen molar-refractivity contribution in [1.82, 2.24) is 4.98 Å². The molecule has 2 N–H and O–H groups in total. The van der Waals surface area contributed by atoms with Crippen LogP contribution in [-0.2, 0) is 0 Å². The van der Waals surface area contributed by atoms with E-state index in [1.165, 1.54) is 0 Å². The molecule has 4 heteroatoms. The first-order chi connectivity index (χ1) is 8.06. The van der Waals surface area contributed by atoms with E-state index in [0.29, 0.717) is 16.6 Å². The second-order valence-corrected chi connectivity index (χ2v) is 4.34. The summed E-state index contributed by atoms with van der Waals surface area (Å²) in [6, 6.07) is 7.22. The van der Waals surface area contributed by atoms with Gasteiger partial charge in [0, 0.05) is 11.1 Å². The van der Waals surface area contributed by atoms with Crippen molar-refractivity contribution in [3.05, 3.63) is 46.6 Å². The molecule has 0 saturated heterocycles. The van der Waals surface area contributed by atoms with Gasteiger partial charge in [0.2, 0.25) is 5.88 Å². The molecule has 17 heavy (non-hydrogen) atoms. The van der Waals surface area contributed by atoms with Crippen LogP contribution in [0.15, 0.2) is 30.5 Å². The number of aryl methyl sites for hydroxylation is 2. The molecule has 0 spiro atoms. The molecule has 0 aliphatic heterocycles. The number of nitrogens with zero attached hydrogens (tertiary/aromatic N) is 1. The third kappa shape index (κ3) is 2.68. The first-order valence-corrected chi connectivity index (χ1v) is 5.60. The zero-order chi connectivity index (χ0) is 12.4. The average Bonchev–Trinajstić information content (AvgIpc) is 2.26. The van der Waals surface area contributed by atoms with Crippen LogP contribution in [0, 0.1) is 13.8 Å². The van der Waals surface area contributed by atoms with Gasteiger partial charge >= 0.3 is 0 Å². The van der Waals surface area contributed by atoms with Gasteiger partial charge in [0.25, 0.3) is 0 Å². The van der Waals surface area contributed by atoms with Gasteiger partial charge in [-0.15, -0.1) is 0 Å². The van der Waals surface area contributed by atoms with Crippen LogP contribution in [0.3, 0.4) is 0 Å². The lowest BCUT2D eigenvalue weighted by atomic mass is 10.1. The third-order valence-corrected chi connectivity index (χ3v) is 2.61. The Bertz CT molecular complexity index is 515. The number of rotatable bonds is 2. The second-order valence-electron chi connectivity index (χ2n) is 3.90. The first kappa shape index (κ1) is 11.7. The van der Waals surface area contributed by atoms with Crippen molar-refractivity contribution in [3.8, 4) is 11.6 Å². The molecule has 2 aromatic rings. The lowest BCUT2D eigenvalue weighted by Crippen LogP contribution is -1.94. The molecule has 0 amide bonds. The number of anilines is 1. The molecule has 0 fully saturated rings. The molecule has 0 bridgehead atoms. The second kappa shape index (κ2) is 4.63. The fourth-order valence-corrected chi connectivity index (χ4v) is 1.94. The summed E-state index contributed by atoms with van der Waals surface area (Å²) < 4.78 is 5.72. The highest BCUT2D eigenvalue weighted by atomic mass is 35.5. The van der Waals surface area contributed by atoms with Gasteiger partial charge in [0.1, 0.15) is 5.75 Å². The third-order valence-electron chi connectivity index (χ3n) is 2.39. The van der Waals surface area contributed by atoms with E-state index in [1.807, 2.05) is 26.0 Å². The summed E-state index contributed by atoms with van der Waals surface area (Å²) in [6.45, 7) is 3.90. The molecule has 1 heterocycles. The Morgan fingerprint density at radius 1 is 1.18 bits per heavy atom. The average molecular weight is 249 g/mol. The number of benzene rings is 1. The molecule has 0 saturated carbocycles. The van der Waals surface area contributed by atoms with Crippen LogP contribution in [0.4, 0.5) is 5.69 Å². The molecule has 2 rings (SSSR count). The number of aromatic nitrogens is 1. The summed E-state index contributed by atoms with van der Waals surface area (Å²) >= 11 is 5.96. The van der Waals surface area contributed by atoms with E-state index in [4.69, 9.17) is 22.1 Å². The Labute approximate surface area is 105 Å². The summed E-state index contributed by atoms with van der Waals surface area (Å²) in [5.41, 5.74) is 8.14. The topological polar surface area (TPSA) is 48.1 Å². The monoisotopic (exact) mass is 248 g/mol. The zero-order valence-corrected chi connectivity index (χ0v) is 10.5. The van der Waals surface area contributed by atoms with Crippen LogP contribution in [0.5, 0.6) is 11.6 Å². The van der Waals surface area contributed by atoms with Gasteiger partial charge in [-0.2, -0.15) is 0 Å². The van der Waals surface area contributed by atoms with E-state index in [2.05, 4.69) is 4.98 Å². The molecule has 0 aliphatic rings. The predicted octanol–water partition coefficient (Wildman–Crippen LogP) is 3.73. The maximum Gasteiger partial charge on any atom is 0.219 e. The number of halogens is 1. The largest absolute Gasteiger partial charge is 0.438 e. The van der Waals surface area contributed by atoms with Crippen LogP contribution in [0.1, 0.15) is 11.1 Å². The van der Waals surface area contributed by atoms with Crippen LogP contribution >= 0.6 is 11.6 Å². The summed E-state index contributed by atoms with van der Waals surface area (Å²) in [7, 11) is 0. The number of ether oxygens (including phenoxy) is 1. The van der Waals surface area contributed by atoms with E-state index in [0.717, 1.165) is 16.9 Å². The van der Waals surface area contributed by atoms with Gasteiger partial charge in [-0.05, 0) is 43.2 Å². The Hall–Kier alpha value is -1.74. The van der Waals surface area contributed by atoms with E-state index >= 15 is 0 Å². The molecule has 0 aliphatic carbocycles. The predicted molar refractivity (Wildman–Crippen MR) is 69.6 cm³/mol. The van der Waals surface area contributed by atoms with E-state index in [9.17, 15) is 0 Å². The van der Waals surface area contributed by atoms with Crippen molar-refractivity contribution in [3.63, 3.8) is 0 Å². The fraction of sp³-hybridized carbons (Fsp3) is 0.154. The quantitative estimate of drug-likeness (QED) is 0.881. The van der Waals surface area contributed by atoms with Crippen molar-refractivity contribution in [2.75, 3.05) is 5.73 Å². The van der Waals surface area contributed by atoms with Crippen molar-refractivity contribution in [1.29, 1.82) is 0 Å². The highest BCUT2D eigenvalue weighted by molar-refractivity contribution is 6.30. The highest BCUT2D eigenvalue weighted by Crippen LogP contribution is 2.30. The molecule has 88 valence electrons. The van der Waals surface area contributed by atoms with Crippen molar-refractivity contribution in [2.24, 2.45) is 0 Å². The minimum absolute atomic E-state index is 0.521. The normalized spacial score (nSPS) is 10.3. The van der Waals surface area contributed by atoms with Crippen LogP contribution < -0.4 is 10.5 Å². The molecular formula is C13H13ClN2O. The zero-order valence-electron chi connectivity index (χ0n) is 9.70. The van der Waals surface area contributed by atoms with Crippen LogP contribution in [0.25, 0.3) is 0 Å². The van der Waals surface area contributed by atoms with Gasteiger partial charge in [-0.3, -0.25) is 0 Å². The smallest absolute Gasteiger partial charge is 0.219 e. The molecule has 0 radical (unpaired) electrons. The van der Waals surface area contributed by atoms with Crippen molar-refractivity contribution < 1.29 is 4.74 Å². The SMILES string of the molecule is Cc1cc(Cl)cc(C)c1Oc1ccc(N)cn1. The van der Waals surface area contributed by atoms with Crippen LogP contribution in [-0.4, -0.2) is 4.98 Å². The summed E-state index contributed by atoms with van der Waals surface area (Å²) in [5, 5.41) is 0.706. The standard InChI is InChI=1S/C13H13ClN2O/c1-8-5-10(14)6-9(2)13(8)17-12-4-3-11(15)7-16-12/h3-7H,15H2,1-2H3. The van der Waals surface area contributed by atoms with E-state index < -0.39 is 0 Å². The molecule has 1 aromatic heterocycles. The van der Waals surface area contributed by atoms with Crippen molar-refractivity contribution in [2.45, 2.75) is 13.8 Å². The lowest BCUT2D eigenvalue weighted by molar-refractivity contribution is 0.456. The Balaban J connectivity index is 2.33. The molecule has 0 unspecified atom stereocenters. The molecule has 0 atom stereocenters. The van der Waals surface area contributed by atoms with E-state index in [-0.39, 0.29) is 0 Å². The van der Waals surface area contributed by atoms with Crippen molar-refractivity contribution >= 4 is 17.3 Å². The Morgan fingerprint density at radius 3 is 2.35 bits per heavy atom. The van der Waals surface area contributed by atoms with Gasteiger partial charge < -0.3 is 10.5 Å². The number of hydrogen-bond acceptors (Lipinski definition) is 3. The number of nitrogens with two attached hydrogens (primary N) is 1. The van der Waals surface area contributed by atoms with E-state index in [1.54, 1.807) is 18.3 Å². The summed E-state index contributed by atoms with van der Waals surface area (Å²) in [4.78, 5) is 4.10. The molecule has 3 nitrogen and oxygen atoms in total. The van der Waals surface area contributed by atoms with Gasteiger partial charge in [-0.25, -0.2) is 4.98 Å². The minimum atomic E-state index is 0.521. The maximum atomic E-state index is 5.96. The summed E-state index contributed by atoms with van der Waals surface area (Å²) in [5.74, 6) is 1.30. The van der Waals surface area contributed by atoms with Crippen LogP contribution in [0.2, 0.25) is 5.02 Å². The van der Waals surface area contributed by atoms with Gasteiger partial charge in [-0.1, -0.05) is 11.6 Å². The number of nitrogen functional groups attached to an aromatic ring is 1. The van der Waals surface area contributed by atoms with Gasteiger partial charge in [0.15, 0.2) is 0 Å². The Kier molecular flexibility index (Phi) is 3.20. The fourth-order valence-electron chi connectivity index (χ4n) is 1.62. The lowest BCUT2D eigenvalue weighted by Gasteiger charge is -2.11. The minimum Gasteiger partial charge on any atom is -0.438 e. The Morgan fingerprint density at radius 2 is 1.82 bits per heavy atom. The maximum absolute atomic E-state index is 5.96. The highest BCUT2D eigenvalue weighted by Gasteiger charge is 2.07. The first-order valence-electron chi connectivity index (χ1n) is 5.22. The number of hydrogen-bond donors (Lipinski definition) is 1. The molecular weight excluding hydrogens is 236 g/mol.